The molecule has 1 aromatic rings. The first kappa shape index (κ1) is 16.6. The number of carbonyl (C=O) groups is 1. The summed E-state index contributed by atoms with van der Waals surface area (Å²) in [5.74, 6) is 1.31. The van der Waals surface area contributed by atoms with Gasteiger partial charge in [0.05, 0.1) is 18.2 Å². The quantitative estimate of drug-likeness (QED) is 0.653. The number of rotatable bonds is 0. The van der Waals surface area contributed by atoms with Crippen molar-refractivity contribution < 1.29 is 13.9 Å². The van der Waals surface area contributed by atoms with E-state index in [-0.39, 0.29) is 23.9 Å². The van der Waals surface area contributed by atoms with E-state index in [0.717, 1.165) is 0 Å². The molecule has 26 heavy (non-hydrogen) atoms. The highest BCUT2D eigenvalue weighted by Gasteiger charge is 2.29. The Morgan fingerprint density at radius 2 is 2.19 bits per heavy atom. The smallest absolute Gasteiger partial charge is 0.252 e. The number of carbonyl (C=O) groups excluding carboxylic acids is 1. The van der Waals surface area contributed by atoms with Crippen LogP contribution < -0.4 is 20.8 Å². The van der Waals surface area contributed by atoms with Crippen molar-refractivity contribution in [1.82, 2.24) is 21.1 Å². The summed E-state index contributed by atoms with van der Waals surface area (Å²) in [5, 5.41) is 7.83. The van der Waals surface area contributed by atoms with Crippen LogP contribution in [-0.2, 0) is 4.79 Å². The number of nitrogens with zero attached hydrogens (tertiary/aromatic N) is 2. The highest BCUT2D eigenvalue weighted by molar-refractivity contribution is 5.99. The minimum absolute atomic E-state index is 0.167. The van der Waals surface area contributed by atoms with Gasteiger partial charge in [-0.2, -0.15) is 0 Å². The number of halogens is 1. The van der Waals surface area contributed by atoms with Crippen molar-refractivity contribution in [2.24, 2.45) is 4.99 Å². The van der Waals surface area contributed by atoms with Gasteiger partial charge in [0, 0.05) is 18.3 Å². The first-order valence-electron chi connectivity index (χ1n) is 8.54. The Bertz CT molecular complexity index is 848. The van der Waals surface area contributed by atoms with Gasteiger partial charge in [-0.1, -0.05) is 0 Å². The molecule has 2 atom stereocenters. The van der Waals surface area contributed by atoms with Crippen LogP contribution in [0.2, 0.25) is 0 Å². The lowest BCUT2D eigenvalue weighted by atomic mass is 10.1. The minimum Gasteiger partial charge on any atom is -0.489 e. The molecule has 1 unspecified atom stereocenters. The average molecular weight is 357 g/mol. The molecule has 0 saturated heterocycles. The molecule has 3 aliphatic rings. The molecule has 0 fully saturated rings. The summed E-state index contributed by atoms with van der Waals surface area (Å²) < 4.78 is 19.7. The summed E-state index contributed by atoms with van der Waals surface area (Å²) in [5.41, 5.74) is 4.38. The molecule has 8 heteroatoms. The van der Waals surface area contributed by atoms with E-state index in [1.807, 2.05) is 20.0 Å². The molecule has 3 N–H and O–H groups in total. The minimum atomic E-state index is -0.340. The third kappa shape index (κ3) is 3.03. The number of amidine groups is 1. The lowest BCUT2D eigenvalue weighted by Crippen LogP contribution is -2.39. The van der Waals surface area contributed by atoms with Crippen molar-refractivity contribution in [2.45, 2.75) is 26.0 Å². The first-order valence-corrected chi connectivity index (χ1v) is 8.54. The Balaban J connectivity index is 1.78. The number of fused-ring (bicyclic) bond motifs is 2. The molecule has 136 valence electrons. The topological polar surface area (TPSA) is 78.0 Å². The molecule has 3 heterocycles. The first-order chi connectivity index (χ1) is 12.5. The third-order valence-electron chi connectivity index (χ3n) is 4.49. The zero-order valence-electron chi connectivity index (χ0n) is 14.5. The van der Waals surface area contributed by atoms with Gasteiger partial charge in [0.15, 0.2) is 0 Å². The van der Waals surface area contributed by atoms with Gasteiger partial charge >= 0.3 is 0 Å². The van der Waals surface area contributed by atoms with Gasteiger partial charge < -0.3 is 15.4 Å². The Morgan fingerprint density at radius 3 is 3.04 bits per heavy atom. The molecule has 3 aliphatic heterocycles. The van der Waals surface area contributed by atoms with Gasteiger partial charge in [-0.15, -0.1) is 0 Å². The molecule has 1 aromatic carbocycles. The van der Waals surface area contributed by atoms with Crippen molar-refractivity contribution in [1.29, 1.82) is 0 Å². The lowest BCUT2D eigenvalue weighted by Gasteiger charge is -2.24. The van der Waals surface area contributed by atoms with E-state index in [1.54, 1.807) is 17.2 Å². The van der Waals surface area contributed by atoms with Crippen molar-refractivity contribution in [2.75, 3.05) is 13.1 Å². The largest absolute Gasteiger partial charge is 0.489 e. The van der Waals surface area contributed by atoms with Gasteiger partial charge in [-0.3, -0.25) is 14.8 Å². The predicted octanol–water partition coefficient (Wildman–Crippen LogP) is 1.33. The predicted molar refractivity (Wildman–Crippen MR) is 94.5 cm³/mol. The van der Waals surface area contributed by atoms with Crippen LogP contribution in [-0.4, -0.2) is 35.9 Å². The van der Waals surface area contributed by atoms with Crippen LogP contribution in [0.4, 0.5) is 4.39 Å². The van der Waals surface area contributed by atoms with Crippen LogP contribution in [0.3, 0.4) is 0 Å². The second-order valence-electron chi connectivity index (χ2n) is 6.48. The van der Waals surface area contributed by atoms with Gasteiger partial charge in [0.25, 0.3) is 5.91 Å². The van der Waals surface area contributed by atoms with E-state index < -0.39 is 0 Å². The fourth-order valence-corrected chi connectivity index (χ4v) is 3.14. The summed E-state index contributed by atoms with van der Waals surface area (Å²) in [6.07, 6.45) is 3.34. The van der Waals surface area contributed by atoms with Gasteiger partial charge in [-0.25, -0.2) is 9.82 Å². The molecular formula is C18H20FN5O2. The number of amides is 1. The number of hydrazine groups is 1. The summed E-state index contributed by atoms with van der Waals surface area (Å²) in [4.78, 5) is 17.2. The average Bonchev–Trinajstić information content (AvgIpc) is 3.03. The second-order valence-corrected chi connectivity index (χ2v) is 6.48. The standard InChI is InChI=1S/C18H20FN5O2/c1-10-8-20-18(25)14-9-21-24-6-5-16(23-17(14)24)22-11(2)13-7-12(19)3-4-15(13)26-10/h3-7,10-11,21H,8-9H2,1-2H3,(H,20,25)(H,22,23)/t10?,11-/m1/s1. The SMILES string of the molecule is CC1CNC(=O)C2=C3NC(=N[C@H](C)c4cc(F)ccc4O1)C=CN3NC2. The van der Waals surface area contributed by atoms with Gasteiger partial charge in [0.2, 0.25) is 0 Å². The molecule has 0 saturated carbocycles. The Kier molecular flexibility index (Phi) is 4.12. The molecule has 0 radical (unpaired) electrons. The third-order valence-corrected chi connectivity index (χ3v) is 4.49. The lowest BCUT2D eigenvalue weighted by molar-refractivity contribution is -0.117. The normalized spacial score (nSPS) is 25.1. The molecule has 2 bridgehead atoms. The zero-order valence-corrected chi connectivity index (χ0v) is 14.5. The van der Waals surface area contributed by atoms with Crippen LogP contribution in [0.15, 0.2) is 46.9 Å². The monoisotopic (exact) mass is 357 g/mol. The van der Waals surface area contributed by atoms with Crippen LogP contribution in [0.5, 0.6) is 5.75 Å². The maximum Gasteiger partial charge on any atom is 0.252 e. The van der Waals surface area contributed by atoms with Gasteiger partial charge in [0.1, 0.15) is 29.3 Å². The van der Waals surface area contributed by atoms with E-state index in [1.165, 1.54) is 12.1 Å². The second kappa shape index (κ2) is 6.45. The van der Waals surface area contributed by atoms with E-state index in [9.17, 15) is 9.18 Å². The van der Waals surface area contributed by atoms with Crippen LogP contribution >= 0.6 is 0 Å². The Labute approximate surface area is 150 Å². The van der Waals surface area contributed by atoms with Crippen molar-refractivity contribution in [3.8, 4) is 5.75 Å². The van der Waals surface area contributed by atoms with Crippen LogP contribution in [0.25, 0.3) is 0 Å². The number of hydrogen-bond donors (Lipinski definition) is 3. The fourth-order valence-electron chi connectivity index (χ4n) is 3.14. The Morgan fingerprint density at radius 1 is 1.35 bits per heavy atom. The maximum absolute atomic E-state index is 13.8. The zero-order chi connectivity index (χ0) is 18.3. The summed E-state index contributed by atoms with van der Waals surface area (Å²) in [7, 11) is 0. The van der Waals surface area contributed by atoms with Crippen molar-refractivity contribution >= 4 is 11.7 Å². The van der Waals surface area contributed by atoms with Gasteiger partial charge in [-0.05, 0) is 38.1 Å². The number of hydrogen-bond acceptors (Lipinski definition) is 6. The van der Waals surface area contributed by atoms with E-state index in [4.69, 9.17) is 4.74 Å². The number of benzene rings is 1. The molecular weight excluding hydrogens is 337 g/mol. The summed E-state index contributed by atoms with van der Waals surface area (Å²) >= 11 is 0. The molecule has 0 aliphatic carbocycles. The van der Waals surface area contributed by atoms with Crippen molar-refractivity contribution in [3.63, 3.8) is 0 Å². The molecule has 1 amide bonds. The Hall–Kier alpha value is -2.87. The summed E-state index contributed by atoms with van der Waals surface area (Å²) in [6.45, 7) is 4.50. The maximum atomic E-state index is 13.8. The molecule has 4 rings (SSSR count). The van der Waals surface area contributed by atoms with E-state index in [2.05, 4.69) is 21.1 Å². The fraction of sp³-hybridized carbons (Fsp3) is 0.333. The molecule has 0 aromatic heterocycles. The van der Waals surface area contributed by atoms with Crippen LogP contribution in [0, 0.1) is 5.82 Å². The highest BCUT2D eigenvalue weighted by Crippen LogP contribution is 2.30. The van der Waals surface area contributed by atoms with Crippen molar-refractivity contribution in [3.05, 3.63) is 53.2 Å². The number of nitrogens with one attached hydrogen (secondary N) is 3. The molecule has 7 nitrogen and oxygen atoms in total. The number of aliphatic imine (C=N–C) groups is 1. The van der Waals surface area contributed by atoms with E-state index >= 15 is 0 Å². The highest BCUT2D eigenvalue weighted by atomic mass is 19.1. The number of ether oxygens (including phenoxy) is 1. The van der Waals surface area contributed by atoms with E-state index in [0.29, 0.717) is 41.6 Å². The summed E-state index contributed by atoms with van der Waals surface area (Å²) in [6, 6.07) is 4.08. The molecule has 0 spiro atoms. The van der Waals surface area contributed by atoms with Crippen LogP contribution in [0.1, 0.15) is 25.5 Å².